The maximum Gasteiger partial charge on any atom is 0.135 e. The fraction of sp³-hybridized carbons (Fsp3) is 0.100. The molecule has 0 bridgehead atoms. The second-order valence-electron chi connectivity index (χ2n) is 2.90. The quantitative estimate of drug-likeness (QED) is 0.565. The van der Waals surface area contributed by atoms with Gasteiger partial charge in [0.05, 0.1) is 9.77 Å². The molecule has 2 heterocycles. The predicted octanol–water partition coefficient (Wildman–Crippen LogP) is 2.82. The largest absolute Gasteiger partial charge is 0.275 e. The maximum atomic E-state index is 5.96. The van der Waals surface area contributed by atoms with Crippen molar-refractivity contribution in [1.82, 2.24) is 9.78 Å². The van der Waals surface area contributed by atoms with Gasteiger partial charge < -0.3 is 0 Å². The number of rotatable bonds is 0. The molecule has 0 saturated heterocycles. The van der Waals surface area contributed by atoms with Gasteiger partial charge in [-0.25, -0.2) is 0 Å². The van der Waals surface area contributed by atoms with E-state index in [0.29, 0.717) is 4.34 Å². The Labute approximate surface area is 102 Å². The highest BCUT2D eigenvalue weighted by Crippen LogP contribution is 2.29. The molecule has 0 saturated carbocycles. The molecule has 0 amide bonds. The van der Waals surface area contributed by atoms with Crippen LogP contribution in [0.4, 0.5) is 0 Å². The predicted molar refractivity (Wildman–Crippen MR) is 65.8 cm³/mol. The van der Waals surface area contributed by atoms with E-state index in [-0.39, 0.29) is 0 Å². The zero-order valence-corrected chi connectivity index (χ0v) is 10.3. The first kappa shape index (κ1) is 10.6. The van der Waals surface area contributed by atoms with Crippen LogP contribution in [0.3, 0.4) is 0 Å². The molecule has 2 nitrogen and oxygen atoms in total. The zero-order valence-electron chi connectivity index (χ0n) is 7.86. The summed E-state index contributed by atoms with van der Waals surface area (Å²) in [4.78, 5) is 0. The third-order valence-corrected chi connectivity index (χ3v) is 3.28. The minimum Gasteiger partial charge on any atom is -0.275 e. The SMILES string of the molecule is Cn1ccc(C#Cc2cc(S)sc2Cl)n1. The molecule has 0 aliphatic carbocycles. The van der Waals surface area contributed by atoms with Crippen molar-refractivity contribution in [3.63, 3.8) is 0 Å². The molecular formula is C10H7ClN2S2. The number of halogens is 1. The van der Waals surface area contributed by atoms with E-state index in [4.69, 9.17) is 11.6 Å². The van der Waals surface area contributed by atoms with Crippen molar-refractivity contribution in [2.45, 2.75) is 4.21 Å². The number of hydrogen-bond donors (Lipinski definition) is 1. The summed E-state index contributed by atoms with van der Waals surface area (Å²) in [5.41, 5.74) is 1.54. The van der Waals surface area contributed by atoms with Gasteiger partial charge >= 0.3 is 0 Å². The summed E-state index contributed by atoms with van der Waals surface area (Å²) in [6.45, 7) is 0. The van der Waals surface area contributed by atoms with Crippen LogP contribution >= 0.6 is 35.6 Å². The number of thiophene rings is 1. The molecule has 15 heavy (non-hydrogen) atoms. The van der Waals surface area contributed by atoms with Crippen molar-refractivity contribution in [3.05, 3.63) is 33.9 Å². The smallest absolute Gasteiger partial charge is 0.135 e. The third-order valence-electron chi connectivity index (χ3n) is 1.71. The Morgan fingerprint density at radius 3 is 2.87 bits per heavy atom. The summed E-state index contributed by atoms with van der Waals surface area (Å²) in [5, 5.41) is 4.15. The van der Waals surface area contributed by atoms with Crippen molar-refractivity contribution in [1.29, 1.82) is 0 Å². The molecule has 0 aliphatic heterocycles. The van der Waals surface area contributed by atoms with E-state index in [1.807, 2.05) is 25.4 Å². The normalized spacial score (nSPS) is 9.80. The number of aromatic nitrogens is 2. The molecule has 0 N–H and O–H groups in total. The summed E-state index contributed by atoms with van der Waals surface area (Å²) in [5.74, 6) is 5.91. The maximum absolute atomic E-state index is 5.96. The van der Waals surface area contributed by atoms with Gasteiger partial charge in [-0.3, -0.25) is 4.68 Å². The Morgan fingerprint density at radius 2 is 2.33 bits per heavy atom. The third kappa shape index (κ3) is 2.57. The summed E-state index contributed by atoms with van der Waals surface area (Å²) in [6, 6.07) is 3.71. The molecule has 0 fully saturated rings. The molecule has 2 rings (SSSR count). The summed E-state index contributed by atoms with van der Waals surface area (Å²) in [6.07, 6.45) is 1.85. The van der Waals surface area contributed by atoms with Gasteiger partial charge in [0.1, 0.15) is 10.0 Å². The van der Waals surface area contributed by atoms with Gasteiger partial charge in [0, 0.05) is 13.2 Å². The standard InChI is InChI=1S/C10H7ClN2S2/c1-13-5-4-8(12-13)3-2-7-6-9(14)15-10(7)11/h4-6,14H,1H3. The van der Waals surface area contributed by atoms with E-state index in [1.165, 1.54) is 11.3 Å². The Balaban J connectivity index is 2.29. The van der Waals surface area contributed by atoms with Crippen LogP contribution in [0.25, 0.3) is 0 Å². The van der Waals surface area contributed by atoms with Crippen LogP contribution in [-0.4, -0.2) is 9.78 Å². The van der Waals surface area contributed by atoms with Crippen LogP contribution in [0.2, 0.25) is 4.34 Å². The van der Waals surface area contributed by atoms with E-state index in [2.05, 4.69) is 29.6 Å². The number of thiol groups is 1. The van der Waals surface area contributed by atoms with Crippen molar-refractivity contribution in [3.8, 4) is 11.8 Å². The molecule has 0 radical (unpaired) electrons. The van der Waals surface area contributed by atoms with Crippen molar-refractivity contribution < 1.29 is 0 Å². The van der Waals surface area contributed by atoms with Gasteiger partial charge in [0.25, 0.3) is 0 Å². The highest BCUT2D eigenvalue weighted by molar-refractivity contribution is 7.83. The van der Waals surface area contributed by atoms with Crippen LogP contribution in [0.1, 0.15) is 11.3 Å². The lowest BCUT2D eigenvalue weighted by molar-refractivity contribution is 0.764. The Hall–Kier alpha value is -0.890. The highest BCUT2D eigenvalue weighted by atomic mass is 35.5. The molecule has 0 unspecified atom stereocenters. The average molecular weight is 255 g/mol. The van der Waals surface area contributed by atoms with E-state index in [9.17, 15) is 0 Å². The van der Waals surface area contributed by atoms with Crippen LogP contribution in [0.15, 0.2) is 22.5 Å². The molecule has 0 aliphatic rings. The second kappa shape index (κ2) is 4.31. The van der Waals surface area contributed by atoms with E-state index < -0.39 is 0 Å². The van der Waals surface area contributed by atoms with Crippen LogP contribution < -0.4 is 0 Å². The van der Waals surface area contributed by atoms with Gasteiger partial charge in [-0.05, 0) is 18.1 Å². The number of aryl methyl sites for hydroxylation is 1. The molecular weight excluding hydrogens is 248 g/mol. The molecule has 5 heteroatoms. The first-order valence-corrected chi connectivity index (χ1v) is 5.79. The first-order chi connectivity index (χ1) is 7.15. The lowest BCUT2D eigenvalue weighted by Crippen LogP contribution is -1.87. The lowest BCUT2D eigenvalue weighted by Gasteiger charge is -1.82. The summed E-state index contributed by atoms with van der Waals surface area (Å²) >= 11 is 11.6. The van der Waals surface area contributed by atoms with Crippen molar-refractivity contribution in [2.75, 3.05) is 0 Å². The highest BCUT2D eigenvalue weighted by Gasteiger charge is 2.01. The van der Waals surface area contributed by atoms with Crippen molar-refractivity contribution in [2.24, 2.45) is 7.05 Å². The molecule has 0 atom stereocenters. The molecule has 0 aromatic carbocycles. The van der Waals surface area contributed by atoms with Gasteiger partial charge in [-0.1, -0.05) is 17.5 Å². The fourth-order valence-corrected chi connectivity index (χ4v) is 2.55. The van der Waals surface area contributed by atoms with E-state index in [1.54, 1.807) is 4.68 Å². The van der Waals surface area contributed by atoms with Crippen LogP contribution in [0.5, 0.6) is 0 Å². The monoisotopic (exact) mass is 254 g/mol. The van der Waals surface area contributed by atoms with E-state index in [0.717, 1.165) is 15.5 Å². The minimum atomic E-state index is 0.670. The zero-order chi connectivity index (χ0) is 10.8. The van der Waals surface area contributed by atoms with Crippen LogP contribution in [-0.2, 0) is 7.05 Å². The van der Waals surface area contributed by atoms with Crippen LogP contribution in [0, 0.1) is 11.8 Å². The van der Waals surface area contributed by atoms with Gasteiger partial charge in [-0.15, -0.1) is 24.0 Å². The Bertz CT molecular complexity index is 545. The lowest BCUT2D eigenvalue weighted by atomic mass is 10.3. The molecule has 2 aromatic rings. The first-order valence-electron chi connectivity index (χ1n) is 4.15. The second-order valence-corrected chi connectivity index (χ2v) is 5.34. The minimum absolute atomic E-state index is 0.670. The summed E-state index contributed by atoms with van der Waals surface area (Å²) in [7, 11) is 1.86. The van der Waals surface area contributed by atoms with Gasteiger partial charge in [-0.2, -0.15) is 5.10 Å². The molecule has 0 spiro atoms. The topological polar surface area (TPSA) is 17.8 Å². The molecule has 2 aromatic heterocycles. The van der Waals surface area contributed by atoms with Crippen molar-refractivity contribution >= 4 is 35.6 Å². The summed E-state index contributed by atoms with van der Waals surface area (Å²) < 4.78 is 3.25. The number of nitrogens with zero attached hydrogens (tertiary/aromatic N) is 2. The molecule has 76 valence electrons. The Kier molecular flexibility index (Phi) is 3.06. The number of hydrogen-bond acceptors (Lipinski definition) is 3. The average Bonchev–Trinajstić information content (AvgIpc) is 2.70. The Morgan fingerprint density at radius 1 is 1.53 bits per heavy atom. The fourth-order valence-electron chi connectivity index (χ4n) is 1.05. The van der Waals surface area contributed by atoms with Gasteiger partial charge in [0.2, 0.25) is 0 Å². The van der Waals surface area contributed by atoms with E-state index >= 15 is 0 Å². The van der Waals surface area contributed by atoms with Gasteiger partial charge in [0.15, 0.2) is 0 Å².